The number of carbonyl (C=O) groups excluding carboxylic acids is 3. The molecule has 1 unspecified atom stereocenters. The highest BCUT2D eigenvalue weighted by Crippen LogP contribution is 2.37. The molecule has 0 fully saturated rings. The van der Waals surface area contributed by atoms with E-state index in [1.807, 2.05) is 42.6 Å². The van der Waals surface area contributed by atoms with Crippen LogP contribution in [-0.4, -0.2) is 43.9 Å². The second kappa shape index (κ2) is 14.1. The summed E-state index contributed by atoms with van der Waals surface area (Å²) >= 11 is 2.61. The van der Waals surface area contributed by atoms with Gasteiger partial charge in [-0.25, -0.2) is 4.79 Å². The van der Waals surface area contributed by atoms with Crippen molar-refractivity contribution < 1.29 is 28.6 Å². The Kier molecular flexibility index (Phi) is 10.3. The molecule has 0 aliphatic carbocycles. The molecule has 0 spiro atoms. The third-order valence-electron chi connectivity index (χ3n) is 6.30. The Labute approximate surface area is 253 Å². The normalized spacial score (nSPS) is 11.4. The van der Waals surface area contributed by atoms with Gasteiger partial charge in [-0.15, -0.1) is 23.1 Å². The lowest BCUT2D eigenvalue weighted by atomic mass is 10.0. The van der Waals surface area contributed by atoms with Gasteiger partial charge in [0.25, 0.3) is 5.91 Å². The molecule has 218 valence electrons. The van der Waals surface area contributed by atoms with Gasteiger partial charge in [-0.1, -0.05) is 42.0 Å². The van der Waals surface area contributed by atoms with Crippen LogP contribution in [0.4, 0.5) is 10.7 Å². The number of esters is 1. The van der Waals surface area contributed by atoms with Gasteiger partial charge >= 0.3 is 5.97 Å². The van der Waals surface area contributed by atoms with Gasteiger partial charge in [-0.2, -0.15) is 0 Å². The lowest BCUT2D eigenvalue weighted by Crippen LogP contribution is -2.23. The molecule has 1 aromatic heterocycles. The third-order valence-corrected chi connectivity index (χ3v) is 8.29. The Hall–Kier alpha value is -4.28. The van der Waals surface area contributed by atoms with Crippen LogP contribution in [0.1, 0.15) is 40.1 Å². The zero-order valence-corrected chi connectivity index (χ0v) is 25.6. The smallest absolute Gasteiger partial charge is 0.341 e. The average Bonchev–Trinajstić information content (AvgIpc) is 3.40. The Bertz CT molecular complexity index is 1560. The maximum atomic E-state index is 13.3. The summed E-state index contributed by atoms with van der Waals surface area (Å²) < 4.78 is 16.0. The maximum absolute atomic E-state index is 13.3. The van der Waals surface area contributed by atoms with Crippen molar-refractivity contribution >= 4 is 51.6 Å². The molecule has 0 saturated carbocycles. The molecular formula is C32H32N2O6S2. The van der Waals surface area contributed by atoms with Crippen molar-refractivity contribution in [3.8, 4) is 22.6 Å². The van der Waals surface area contributed by atoms with Gasteiger partial charge in [0.1, 0.15) is 27.6 Å². The predicted octanol–water partition coefficient (Wildman–Crippen LogP) is 7.29. The maximum Gasteiger partial charge on any atom is 0.341 e. The van der Waals surface area contributed by atoms with Crippen LogP contribution >= 0.6 is 23.1 Å². The van der Waals surface area contributed by atoms with Crippen molar-refractivity contribution in [2.24, 2.45) is 0 Å². The third kappa shape index (κ3) is 7.13. The van der Waals surface area contributed by atoms with Crippen LogP contribution in [0.5, 0.6) is 11.5 Å². The summed E-state index contributed by atoms with van der Waals surface area (Å²) in [5.41, 5.74) is 3.86. The molecule has 0 radical (unpaired) electrons. The Morgan fingerprint density at radius 2 is 1.57 bits per heavy atom. The number of benzene rings is 3. The number of ether oxygens (including phenoxy) is 3. The second-order valence-electron chi connectivity index (χ2n) is 9.21. The van der Waals surface area contributed by atoms with E-state index >= 15 is 0 Å². The lowest BCUT2D eigenvalue weighted by Gasteiger charge is -2.15. The number of hydrogen-bond acceptors (Lipinski definition) is 8. The van der Waals surface area contributed by atoms with Crippen molar-refractivity contribution in [3.63, 3.8) is 0 Å². The first-order chi connectivity index (χ1) is 20.2. The minimum atomic E-state index is -0.509. The summed E-state index contributed by atoms with van der Waals surface area (Å²) in [6, 6.07) is 20.2. The summed E-state index contributed by atoms with van der Waals surface area (Å²) in [6.45, 7) is 5.74. The first-order valence-electron chi connectivity index (χ1n) is 13.2. The SMILES string of the molecule is CCOC(=O)c1c(-c2ccc(C)cc2)csc1NC(=O)C(C)Sc1cccc(NC(=O)c2c(OC)cccc2OC)c1. The number of carbonyl (C=O) groups is 3. The molecule has 3 aromatic carbocycles. The van der Waals surface area contributed by atoms with E-state index in [1.165, 1.54) is 37.3 Å². The van der Waals surface area contributed by atoms with Crippen molar-refractivity contribution in [2.45, 2.75) is 30.9 Å². The number of anilines is 2. The van der Waals surface area contributed by atoms with Crippen LogP contribution in [0.2, 0.25) is 0 Å². The van der Waals surface area contributed by atoms with E-state index in [4.69, 9.17) is 14.2 Å². The highest BCUT2D eigenvalue weighted by Gasteiger charge is 2.25. The number of amides is 2. The van der Waals surface area contributed by atoms with Crippen LogP contribution in [0, 0.1) is 6.92 Å². The van der Waals surface area contributed by atoms with Crippen molar-refractivity contribution in [1.29, 1.82) is 0 Å². The minimum Gasteiger partial charge on any atom is -0.496 e. The molecule has 8 nitrogen and oxygen atoms in total. The van der Waals surface area contributed by atoms with E-state index in [9.17, 15) is 14.4 Å². The molecule has 0 saturated heterocycles. The second-order valence-corrected chi connectivity index (χ2v) is 11.5. The monoisotopic (exact) mass is 604 g/mol. The lowest BCUT2D eigenvalue weighted by molar-refractivity contribution is -0.115. The first kappa shape index (κ1) is 30.7. The Morgan fingerprint density at radius 1 is 0.905 bits per heavy atom. The quantitative estimate of drug-likeness (QED) is 0.137. The van der Waals surface area contributed by atoms with Crippen molar-refractivity contribution in [3.05, 3.63) is 88.8 Å². The van der Waals surface area contributed by atoms with Crippen molar-refractivity contribution in [1.82, 2.24) is 0 Å². The van der Waals surface area contributed by atoms with Crippen LogP contribution in [0.25, 0.3) is 11.1 Å². The van der Waals surface area contributed by atoms with E-state index in [-0.39, 0.29) is 24.0 Å². The molecule has 4 rings (SSSR count). The molecule has 2 amide bonds. The van der Waals surface area contributed by atoms with E-state index in [0.717, 1.165) is 16.0 Å². The molecule has 1 heterocycles. The number of hydrogen-bond donors (Lipinski definition) is 2. The minimum absolute atomic E-state index is 0.221. The topological polar surface area (TPSA) is 103 Å². The van der Waals surface area contributed by atoms with Crippen LogP contribution < -0.4 is 20.1 Å². The summed E-state index contributed by atoms with van der Waals surface area (Å²) in [5.74, 6) is -0.352. The fourth-order valence-corrected chi connectivity index (χ4v) is 6.07. The number of rotatable bonds is 11. The highest BCUT2D eigenvalue weighted by atomic mass is 32.2. The summed E-state index contributed by atoms with van der Waals surface area (Å²) in [7, 11) is 2.98. The first-order valence-corrected chi connectivity index (χ1v) is 15.0. The number of aryl methyl sites for hydroxylation is 1. The number of methoxy groups -OCH3 is 2. The predicted molar refractivity (Wildman–Crippen MR) is 168 cm³/mol. The van der Waals surface area contributed by atoms with Crippen LogP contribution in [0.3, 0.4) is 0 Å². The molecule has 0 aliphatic heterocycles. The molecule has 1 atom stereocenters. The van der Waals surface area contributed by atoms with Gasteiger partial charge in [-0.05, 0) is 56.7 Å². The van der Waals surface area contributed by atoms with E-state index in [1.54, 1.807) is 50.2 Å². The molecule has 0 aliphatic rings. The van der Waals surface area contributed by atoms with Crippen LogP contribution in [0.15, 0.2) is 77.0 Å². The summed E-state index contributed by atoms with van der Waals surface area (Å²) in [5, 5.41) is 7.59. The van der Waals surface area contributed by atoms with Gasteiger partial charge in [0.15, 0.2) is 0 Å². The zero-order chi connectivity index (χ0) is 30.2. The number of thiophene rings is 1. The summed E-state index contributed by atoms with van der Waals surface area (Å²) in [4.78, 5) is 40.0. The standard InChI is InChI=1S/C32H32N2O6S2/c1-6-40-32(37)27-24(21-15-13-19(2)14-16-21)18-41-31(27)34-29(35)20(3)42-23-10-7-9-22(17-23)33-30(36)28-25(38-4)11-8-12-26(28)39-5/h7-18,20H,6H2,1-5H3,(H,33,36)(H,34,35). The van der Waals surface area contributed by atoms with Crippen LogP contribution in [-0.2, 0) is 9.53 Å². The van der Waals surface area contributed by atoms with E-state index in [0.29, 0.717) is 33.3 Å². The van der Waals surface area contributed by atoms with Crippen molar-refractivity contribution in [2.75, 3.05) is 31.5 Å². The molecule has 4 aromatic rings. The Balaban J connectivity index is 1.49. The van der Waals surface area contributed by atoms with Gasteiger partial charge in [0.2, 0.25) is 5.91 Å². The summed E-state index contributed by atoms with van der Waals surface area (Å²) in [6.07, 6.45) is 0. The average molecular weight is 605 g/mol. The fourth-order valence-electron chi connectivity index (χ4n) is 4.19. The van der Waals surface area contributed by atoms with Gasteiger partial charge in [0, 0.05) is 21.5 Å². The molecule has 42 heavy (non-hydrogen) atoms. The largest absolute Gasteiger partial charge is 0.496 e. The van der Waals surface area contributed by atoms with E-state index < -0.39 is 11.2 Å². The van der Waals surface area contributed by atoms with Gasteiger partial charge in [0.05, 0.1) is 26.1 Å². The molecular weight excluding hydrogens is 572 g/mol. The number of nitrogens with one attached hydrogen (secondary N) is 2. The zero-order valence-electron chi connectivity index (χ0n) is 24.0. The van der Waals surface area contributed by atoms with Gasteiger partial charge in [-0.3, -0.25) is 9.59 Å². The molecule has 10 heteroatoms. The highest BCUT2D eigenvalue weighted by molar-refractivity contribution is 8.00. The van der Waals surface area contributed by atoms with Gasteiger partial charge < -0.3 is 24.8 Å². The molecule has 2 N–H and O–H groups in total. The molecule has 0 bridgehead atoms. The fraction of sp³-hybridized carbons (Fsp3) is 0.219. The van der Waals surface area contributed by atoms with E-state index in [2.05, 4.69) is 10.6 Å². The number of thioether (sulfide) groups is 1. The Morgan fingerprint density at radius 3 is 2.21 bits per heavy atom.